The number of carbonyl (C=O) groups is 3. The Bertz CT molecular complexity index is 1420. The number of para-hydroxylation sites is 1. The van der Waals surface area contributed by atoms with Crippen LogP contribution in [0.25, 0.3) is 0 Å². The smallest absolute Gasteiger partial charge is 0.316 e. The largest absolute Gasteiger partial charge is 0.508 e. The van der Waals surface area contributed by atoms with Gasteiger partial charge in [0.25, 0.3) is 0 Å². The summed E-state index contributed by atoms with van der Waals surface area (Å²) >= 11 is 0. The van der Waals surface area contributed by atoms with E-state index in [0.717, 1.165) is 5.56 Å². The fourth-order valence-electron chi connectivity index (χ4n) is 5.00. The standard InChI is InChI=1S/C32H37N5O6/c1-3-16-33-19-29(39)37-26(17-22-12-14-25(38)15-13-22)31(41)36(20-24-10-7-11-27(43-2)30(24)40)21-28(37)35-32(42)34-18-23-8-5-4-6-9-23/h3-15,26,28,33,38,40H,1,16-21H2,2H3,(H2,34,35,42)/t26-,28+/m0/s1. The van der Waals surface area contributed by atoms with Gasteiger partial charge >= 0.3 is 6.03 Å². The van der Waals surface area contributed by atoms with Crippen molar-refractivity contribution in [3.63, 3.8) is 0 Å². The van der Waals surface area contributed by atoms with Crippen molar-refractivity contribution in [1.29, 1.82) is 0 Å². The van der Waals surface area contributed by atoms with Gasteiger partial charge in [-0.15, -0.1) is 6.58 Å². The number of methoxy groups -OCH3 is 1. The molecule has 4 amide bonds. The predicted molar refractivity (Wildman–Crippen MR) is 161 cm³/mol. The Balaban J connectivity index is 1.65. The molecule has 1 saturated heterocycles. The number of rotatable bonds is 12. The van der Waals surface area contributed by atoms with Crippen LogP contribution in [-0.2, 0) is 29.1 Å². The normalized spacial score (nSPS) is 16.4. The molecular weight excluding hydrogens is 550 g/mol. The molecule has 0 spiro atoms. The highest BCUT2D eigenvalue weighted by molar-refractivity contribution is 5.91. The molecule has 4 rings (SSSR count). The summed E-state index contributed by atoms with van der Waals surface area (Å²) in [4.78, 5) is 43.7. The van der Waals surface area contributed by atoms with Gasteiger partial charge in [0.15, 0.2) is 11.5 Å². The maximum absolute atomic E-state index is 14.1. The Kier molecular flexibility index (Phi) is 10.6. The summed E-state index contributed by atoms with van der Waals surface area (Å²) in [5.74, 6) is -0.482. The Morgan fingerprint density at radius 2 is 1.77 bits per heavy atom. The molecule has 1 aliphatic rings. The van der Waals surface area contributed by atoms with Crippen LogP contribution in [0.1, 0.15) is 16.7 Å². The van der Waals surface area contributed by atoms with Gasteiger partial charge in [0.2, 0.25) is 11.8 Å². The van der Waals surface area contributed by atoms with Gasteiger partial charge in [-0.05, 0) is 29.3 Å². The molecule has 0 unspecified atom stereocenters. The van der Waals surface area contributed by atoms with Crippen LogP contribution in [0.3, 0.4) is 0 Å². The van der Waals surface area contributed by atoms with Crippen LogP contribution in [0, 0.1) is 0 Å². The zero-order valence-electron chi connectivity index (χ0n) is 24.0. The van der Waals surface area contributed by atoms with Crippen molar-refractivity contribution in [3.8, 4) is 17.2 Å². The van der Waals surface area contributed by atoms with Crippen LogP contribution in [0.5, 0.6) is 17.2 Å². The number of hydrogen-bond acceptors (Lipinski definition) is 7. The van der Waals surface area contributed by atoms with Crippen molar-refractivity contribution in [1.82, 2.24) is 25.8 Å². The third kappa shape index (κ3) is 8.04. The molecule has 43 heavy (non-hydrogen) atoms. The highest BCUT2D eigenvalue weighted by Crippen LogP contribution is 2.31. The second kappa shape index (κ2) is 14.7. The van der Waals surface area contributed by atoms with E-state index in [1.54, 1.807) is 36.4 Å². The fraction of sp³-hybridized carbons (Fsp3) is 0.281. The quantitative estimate of drug-likeness (QED) is 0.162. The fourth-order valence-corrected chi connectivity index (χ4v) is 5.00. The van der Waals surface area contributed by atoms with Crippen molar-refractivity contribution in [2.24, 2.45) is 0 Å². The molecule has 0 aliphatic carbocycles. The van der Waals surface area contributed by atoms with E-state index >= 15 is 0 Å². The SMILES string of the molecule is C=CCNCC(=O)N1[C@@H](NC(=O)NCc2ccccc2)CN(Cc2cccc(OC)c2O)C(=O)[C@@H]1Cc1ccc(O)cc1. The number of nitrogens with one attached hydrogen (secondary N) is 3. The number of urea groups is 1. The molecule has 0 bridgehead atoms. The van der Waals surface area contributed by atoms with Gasteiger partial charge in [-0.2, -0.15) is 0 Å². The molecule has 1 aliphatic heterocycles. The van der Waals surface area contributed by atoms with Crippen LogP contribution in [-0.4, -0.2) is 76.8 Å². The Labute approximate surface area is 250 Å². The number of amides is 4. The molecule has 2 atom stereocenters. The maximum atomic E-state index is 14.1. The van der Waals surface area contributed by atoms with Gasteiger partial charge in [-0.1, -0.05) is 60.7 Å². The number of ether oxygens (including phenoxy) is 1. The second-order valence-electron chi connectivity index (χ2n) is 10.1. The summed E-state index contributed by atoms with van der Waals surface area (Å²) in [6.45, 7) is 4.24. The molecule has 1 fully saturated rings. The second-order valence-corrected chi connectivity index (χ2v) is 10.1. The lowest BCUT2D eigenvalue weighted by molar-refractivity contribution is -0.157. The van der Waals surface area contributed by atoms with Crippen LogP contribution in [0.2, 0.25) is 0 Å². The third-order valence-electron chi connectivity index (χ3n) is 7.14. The van der Waals surface area contributed by atoms with E-state index in [1.165, 1.54) is 29.0 Å². The monoisotopic (exact) mass is 587 g/mol. The number of phenolic OH excluding ortho intramolecular Hbond substituents is 2. The lowest BCUT2D eigenvalue weighted by Gasteiger charge is -2.46. The lowest BCUT2D eigenvalue weighted by Crippen LogP contribution is -2.69. The van der Waals surface area contributed by atoms with E-state index in [-0.39, 0.29) is 61.7 Å². The summed E-state index contributed by atoms with van der Waals surface area (Å²) in [6, 6.07) is 19.3. The first-order chi connectivity index (χ1) is 20.8. The van der Waals surface area contributed by atoms with E-state index in [0.29, 0.717) is 17.7 Å². The molecule has 0 saturated carbocycles. The molecule has 1 heterocycles. The summed E-state index contributed by atoms with van der Waals surface area (Å²) in [7, 11) is 1.44. The zero-order valence-corrected chi connectivity index (χ0v) is 24.0. The third-order valence-corrected chi connectivity index (χ3v) is 7.14. The van der Waals surface area contributed by atoms with Gasteiger partial charge in [0.05, 0.1) is 20.2 Å². The van der Waals surface area contributed by atoms with Crippen molar-refractivity contribution in [2.45, 2.75) is 31.7 Å². The highest BCUT2D eigenvalue weighted by atomic mass is 16.5. The van der Waals surface area contributed by atoms with Crippen LogP contribution in [0.15, 0.2) is 85.5 Å². The van der Waals surface area contributed by atoms with Gasteiger partial charge in [-0.3, -0.25) is 9.59 Å². The number of benzene rings is 3. The summed E-state index contributed by atoms with van der Waals surface area (Å²) in [5.41, 5.74) is 2.07. The van der Waals surface area contributed by atoms with Gasteiger partial charge in [0.1, 0.15) is 18.0 Å². The van der Waals surface area contributed by atoms with E-state index in [1.807, 2.05) is 30.3 Å². The number of nitrogens with zero attached hydrogens (tertiary/aromatic N) is 2. The van der Waals surface area contributed by atoms with Crippen LogP contribution in [0.4, 0.5) is 4.79 Å². The number of hydrogen-bond donors (Lipinski definition) is 5. The first-order valence-corrected chi connectivity index (χ1v) is 13.9. The molecule has 0 radical (unpaired) electrons. The van der Waals surface area contributed by atoms with Crippen molar-refractivity contribution < 1.29 is 29.3 Å². The lowest BCUT2D eigenvalue weighted by atomic mass is 9.99. The topological polar surface area (TPSA) is 143 Å². The van der Waals surface area contributed by atoms with Crippen LogP contribution >= 0.6 is 0 Å². The number of phenols is 2. The number of piperazine rings is 1. The molecule has 226 valence electrons. The van der Waals surface area contributed by atoms with E-state index in [4.69, 9.17) is 4.74 Å². The maximum Gasteiger partial charge on any atom is 0.316 e. The predicted octanol–water partition coefficient (Wildman–Crippen LogP) is 2.49. The summed E-state index contributed by atoms with van der Waals surface area (Å²) in [5, 5.41) is 29.2. The first-order valence-electron chi connectivity index (χ1n) is 13.9. The van der Waals surface area contributed by atoms with Gasteiger partial charge in [-0.25, -0.2) is 4.79 Å². The summed E-state index contributed by atoms with van der Waals surface area (Å²) in [6.07, 6.45) is 0.871. The van der Waals surface area contributed by atoms with Crippen molar-refractivity contribution in [3.05, 3.63) is 102 Å². The zero-order chi connectivity index (χ0) is 30.8. The van der Waals surface area contributed by atoms with Gasteiger partial charge < -0.3 is 40.7 Å². The Morgan fingerprint density at radius 3 is 2.47 bits per heavy atom. The highest BCUT2D eigenvalue weighted by Gasteiger charge is 2.43. The van der Waals surface area contributed by atoms with Crippen molar-refractivity contribution >= 4 is 17.8 Å². The molecule has 11 heteroatoms. The molecule has 0 aromatic heterocycles. The minimum atomic E-state index is -0.983. The molecule has 3 aromatic rings. The average molecular weight is 588 g/mol. The Hall–Kier alpha value is -5.03. The van der Waals surface area contributed by atoms with Crippen molar-refractivity contribution in [2.75, 3.05) is 26.7 Å². The van der Waals surface area contributed by atoms with E-state index in [9.17, 15) is 24.6 Å². The molecule has 3 aromatic carbocycles. The average Bonchev–Trinajstić information content (AvgIpc) is 3.01. The Morgan fingerprint density at radius 1 is 1.02 bits per heavy atom. The molecule has 5 N–H and O–H groups in total. The number of aromatic hydroxyl groups is 2. The van der Waals surface area contributed by atoms with E-state index in [2.05, 4.69) is 22.5 Å². The van der Waals surface area contributed by atoms with E-state index < -0.39 is 18.2 Å². The number of carbonyl (C=O) groups excluding carboxylic acids is 3. The summed E-state index contributed by atoms with van der Waals surface area (Å²) < 4.78 is 5.24. The molecular formula is C32H37N5O6. The first kappa shape index (κ1) is 30.9. The minimum Gasteiger partial charge on any atom is -0.508 e. The van der Waals surface area contributed by atoms with Gasteiger partial charge in [0, 0.05) is 31.6 Å². The minimum absolute atomic E-state index is 0.0203. The molecule has 11 nitrogen and oxygen atoms in total. The van der Waals surface area contributed by atoms with Crippen LogP contribution < -0.4 is 20.7 Å².